The van der Waals surface area contributed by atoms with Crippen LogP contribution in [0, 0.1) is 0 Å². The number of aryl methyl sites for hydroxylation is 1. The number of hydrogen-bond acceptors (Lipinski definition) is 5. The fourth-order valence-corrected chi connectivity index (χ4v) is 3.53. The van der Waals surface area contributed by atoms with Crippen LogP contribution in [-0.2, 0) is 16.4 Å². The van der Waals surface area contributed by atoms with Crippen LogP contribution < -0.4 is 18.9 Å². The molecule has 0 aromatic heterocycles. The van der Waals surface area contributed by atoms with Crippen LogP contribution >= 0.6 is 0 Å². The second kappa shape index (κ2) is 6.60. The van der Waals surface area contributed by atoms with Gasteiger partial charge in [-0.25, -0.2) is 8.42 Å². The molecular weight excluding hydrogens is 330 g/mol. The summed E-state index contributed by atoms with van der Waals surface area (Å²) >= 11 is 0. The highest BCUT2D eigenvalue weighted by Crippen LogP contribution is 2.34. The normalized spacial score (nSPS) is 13.4. The molecule has 0 radical (unpaired) electrons. The number of rotatable bonds is 5. The molecule has 0 aliphatic carbocycles. The predicted octanol–water partition coefficient (Wildman–Crippen LogP) is 2.83. The molecule has 0 bridgehead atoms. The SMILES string of the molecule is CCc1ccc(OC)c(NS(=O)(=O)c2ccc3c(c2)OCCO3)c1. The van der Waals surface area contributed by atoms with Crippen molar-refractivity contribution in [3.05, 3.63) is 42.0 Å². The fraction of sp³-hybridized carbons (Fsp3) is 0.294. The summed E-state index contributed by atoms with van der Waals surface area (Å²) in [4.78, 5) is 0.107. The number of fused-ring (bicyclic) bond motifs is 1. The van der Waals surface area contributed by atoms with Crippen molar-refractivity contribution in [2.45, 2.75) is 18.2 Å². The molecule has 24 heavy (non-hydrogen) atoms. The molecule has 1 heterocycles. The summed E-state index contributed by atoms with van der Waals surface area (Å²) in [7, 11) is -2.27. The van der Waals surface area contributed by atoms with E-state index in [2.05, 4.69) is 4.72 Å². The van der Waals surface area contributed by atoms with E-state index in [0.29, 0.717) is 36.1 Å². The number of anilines is 1. The van der Waals surface area contributed by atoms with Crippen molar-refractivity contribution in [3.8, 4) is 17.2 Å². The molecule has 6 nitrogen and oxygen atoms in total. The Morgan fingerprint density at radius 2 is 1.83 bits per heavy atom. The highest BCUT2D eigenvalue weighted by molar-refractivity contribution is 7.92. The Balaban J connectivity index is 1.94. The maximum Gasteiger partial charge on any atom is 0.262 e. The van der Waals surface area contributed by atoms with Crippen molar-refractivity contribution in [3.63, 3.8) is 0 Å². The topological polar surface area (TPSA) is 73.9 Å². The Morgan fingerprint density at radius 1 is 1.08 bits per heavy atom. The molecule has 0 fully saturated rings. The van der Waals surface area contributed by atoms with E-state index in [9.17, 15) is 8.42 Å². The summed E-state index contributed by atoms with van der Waals surface area (Å²) in [5.74, 6) is 1.44. The molecule has 0 saturated heterocycles. The lowest BCUT2D eigenvalue weighted by atomic mass is 10.1. The van der Waals surface area contributed by atoms with Crippen molar-refractivity contribution in [2.24, 2.45) is 0 Å². The summed E-state index contributed by atoms with van der Waals surface area (Å²) in [5, 5.41) is 0. The van der Waals surface area contributed by atoms with Crippen LogP contribution in [0.3, 0.4) is 0 Å². The zero-order valence-electron chi connectivity index (χ0n) is 13.5. The summed E-state index contributed by atoms with van der Waals surface area (Å²) in [6.45, 7) is 2.86. The van der Waals surface area contributed by atoms with Crippen LogP contribution in [0.15, 0.2) is 41.3 Å². The lowest BCUT2D eigenvalue weighted by Gasteiger charge is -2.19. The molecule has 0 unspecified atom stereocenters. The fourth-order valence-electron chi connectivity index (χ4n) is 2.45. The standard InChI is InChI=1S/C17H19NO5S/c1-3-12-4-6-15(21-2)14(10-12)18-24(19,20)13-5-7-16-17(11-13)23-9-8-22-16/h4-7,10-11,18H,3,8-9H2,1-2H3. The predicted molar refractivity (Wildman–Crippen MR) is 90.6 cm³/mol. The number of sulfonamides is 1. The van der Waals surface area contributed by atoms with E-state index in [0.717, 1.165) is 12.0 Å². The lowest BCUT2D eigenvalue weighted by Crippen LogP contribution is -2.17. The minimum Gasteiger partial charge on any atom is -0.495 e. The maximum atomic E-state index is 12.7. The van der Waals surface area contributed by atoms with Gasteiger partial charge in [-0.2, -0.15) is 0 Å². The van der Waals surface area contributed by atoms with E-state index in [-0.39, 0.29) is 4.90 Å². The molecule has 1 aliphatic rings. The Kier molecular flexibility index (Phi) is 4.53. The van der Waals surface area contributed by atoms with Crippen molar-refractivity contribution in [2.75, 3.05) is 25.0 Å². The highest BCUT2D eigenvalue weighted by Gasteiger charge is 2.21. The Bertz CT molecular complexity index is 848. The first kappa shape index (κ1) is 16.4. The average molecular weight is 349 g/mol. The first-order valence-corrected chi connectivity index (χ1v) is 9.11. The van der Waals surface area contributed by atoms with Crippen molar-refractivity contribution in [1.82, 2.24) is 0 Å². The van der Waals surface area contributed by atoms with Crippen LogP contribution in [0.25, 0.3) is 0 Å². The van der Waals surface area contributed by atoms with Crippen molar-refractivity contribution < 1.29 is 22.6 Å². The molecule has 7 heteroatoms. The molecule has 1 aliphatic heterocycles. The van der Waals surface area contributed by atoms with Gasteiger partial charge in [-0.1, -0.05) is 13.0 Å². The first-order chi connectivity index (χ1) is 11.5. The molecule has 128 valence electrons. The number of nitrogens with one attached hydrogen (secondary N) is 1. The number of methoxy groups -OCH3 is 1. The monoisotopic (exact) mass is 349 g/mol. The van der Waals surface area contributed by atoms with Gasteiger partial charge in [0.2, 0.25) is 0 Å². The van der Waals surface area contributed by atoms with Gasteiger partial charge < -0.3 is 14.2 Å². The zero-order valence-corrected chi connectivity index (χ0v) is 14.4. The highest BCUT2D eigenvalue weighted by atomic mass is 32.2. The van der Waals surface area contributed by atoms with E-state index in [4.69, 9.17) is 14.2 Å². The van der Waals surface area contributed by atoms with E-state index < -0.39 is 10.0 Å². The molecule has 3 rings (SSSR count). The van der Waals surface area contributed by atoms with E-state index in [1.54, 1.807) is 18.2 Å². The third-order valence-electron chi connectivity index (χ3n) is 3.74. The Morgan fingerprint density at radius 3 is 2.54 bits per heavy atom. The van der Waals surface area contributed by atoms with Gasteiger partial charge in [-0.3, -0.25) is 4.72 Å². The molecule has 2 aromatic carbocycles. The minimum absolute atomic E-state index is 0.107. The van der Waals surface area contributed by atoms with Crippen LogP contribution in [0.1, 0.15) is 12.5 Å². The quantitative estimate of drug-likeness (QED) is 0.898. The minimum atomic E-state index is -3.77. The van der Waals surface area contributed by atoms with Gasteiger partial charge in [-0.05, 0) is 36.2 Å². The second-order valence-electron chi connectivity index (χ2n) is 5.30. The zero-order chi connectivity index (χ0) is 17.2. The second-order valence-corrected chi connectivity index (χ2v) is 6.98. The molecular formula is C17H19NO5S. The van der Waals surface area contributed by atoms with E-state index in [1.807, 2.05) is 13.0 Å². The van der Waals surface area contributed by atoms with Gasteiger partial charge >= 0.3 is 0 Å². The van der Waals surface area contributed by atoms with Crippen LogP contribution in [-0.4, -0.2) is 28.7 Å². The summed E-state index contributed by atoms with van der Waals surface area (Å²) in [6, 6.07) is 9.98. The molecule has 0 saturated carbocycles. The Hall–Kier alpha value is -2.41. The van der Waals surface area contributed by atoms with Gasteiger partial charge in [0.1, 0.15) is 19.0 Å². The molecule has 1 N–H and O–H groups in total. The van der Waals surface area contributed by atoms with E-state index in [1.165, 1.54) is 19.2 Å². The first-order valence-electron chi connectivity index (χ1n) is 7.63. The number of hydrogen-bond donors (Lipinski definition) is 1. The van der Waals surface area contributed by atoms with Gasteiger partial charge in [0.15, 0.2) is 11.5 Å². The van der Waals surface area contributed by atoms with Gasteiger partial charge in [0.25, 0.3) is 10.0 Å². The summed E-state index contributed by atoms with van der Waals surface area (Å²) < 4.78 is 44.1. The Labute approximate surface area is 141 Å². The number of benzene rings is 2. The number of ether oxygens (including phenoxy) is 3. The molecule has 0 atom stereocenters. The summed E-state index contributed by atoms with van der Waals surface area (Å²) in [6.07, 6.45) is 0.794. The van der Waals surface area contributed by atoms with Gasteiger partial charge in [0.05, 0.1) is 17.7 Å². The lowest BCUT2D eigenvalue weighted by molar-refractivity contribution is 0.171. The summed E-state index contributed by atoms with van der Waals surface area (Å²) in [5.41, 5.74) is 1.42. The molecule has 0 spiro atoms. The third kappa shape index (κ3) is 3.26. The van der Waals surface area contributed by atoms with Crippen molar-refractivity contribution in [1.29, 1.82) is 0 Å². The van der Waals surface area contributed by atoms with Gasteiger partial charge in [0, 0.05) is 6.07 Å². The van der Waals surface area contributed by atoms with E-state index >= 15 is 0 Å². The molecule has 0 amide bonds. The smallest absolute Gasteiger partial charge is 0.262 e. The van der Waals surface area contributed by atoms with Crippen molar-refractivity contribution >= 4 is 15.7 Å². The third-order valence-corrected chi connectivity index (χ3v) is 5.10. The average Bonchev–Trinajstić information content (AvgIpc) is 2.60. The van der Waals surface area contributed by atoms with Crippen LogP contribution in [0.5, 0.6) is 17.2 Å². The molecule has 2 aromatic rings. The van der Waals surface area contributed by atoms with Crippen LogP contribution in [0.2, 0.25) is 0 Å². The largest absolute Gasteiger partial charge is 0.495 e. The maximum absolute atomic E-state index is 12.7. The van der Waals surface area contributed by atoms with Crippen LogP contribution in [0.4, 0.5) is 5.69 Å². The van der Waals surface area contributed by atoms with Gasteiger partial charge in [-0.15, -0.1) is 0 Å².